The number of nitro benzene ring substituents is 2. The number of non-ortho nitro benzene ring substituents is 2. The highest BCUT2D eigenvalue weighted by Crippen LogP contribution is 2.37. The zero-order chi connectivity index (χ0) is 23.6. The van der Waals surface area contributed by atoms with Gasteiger partial charge in [-0.25, -0.2) is 4.98 Å². The molecule has 2 aromatic carbocycles. The van der Waals surface area contributed by atoms with Crippen molar-refractivity contribution < 1.29 is 19.4 Å². The van der Waals surface area contributed by atoms with E-state index in [4.69, 9.17) is 4.74 Å². The summed E-state index contributed by atoms with van der Waals surface area (Å²) in [5.74, 6) is -0.0616. The summed E-state index contributed by atoms with van der Waals surface area (Å²) in [5.41, 5.74) is 0.331. The second-order valence-electron chi connectivity index (χ2n) is 7.27. The Morgan fingerprint density at radius 3 is 2.21 bits per heavy atom. The minimum Gasteiger partial charge on any atom is -0.494 e. The number of ether oxygens (including phenoxy) is 1. The van der Waals surface area contributed by atoms with Gasteiger partial charge >= 0.3 is 0 Å². The minimum atomic E-state index is -0.764. The van der Waals surface area contributed by atoms with Crippen molar-refractivity contribution in [2.45, 2.75) is 6.92 Å². The summed E-state index contributed by atoms with van der Waals surface area (Å²) < 4.78 is 6.23. The molecule has 13 heteroatoms. The Balaban J connectivity index is 0.00000385. The van der Waals surface area contributed by atoms with Crippen LogP contribution in [-0.2, 0) is 0 Å². The summed E-state index contributed by atoms with van der Waals surface area (Å²) in [7, 11) is 5.21. The first-order valence-corrected chi connectivity index (χ1v) is 10.3. The van der Waals surface area contributed by atoms with E-state index in [2.05, 4.69) is 4.98 Å². The van der Waals surface area contributed by atoms with Crippen LogP contribution in [0, 0.1) is 27.2 Å². The zero-order valence-electron chi connectivity index (χ0n) is 18.3. The molecule has 1 heterocycles. The molecular formula is C20H22ClN5O6S. The predicted molar refractivity (Wildman–Crippen MR) is 128 cm³/mol. The molecule has 0 unspecified atom stereocenters. The summed E-state index contributed by atoms with van der Waals surface area (Å²) in [6.07, 6.45) is 0. The number of thiazole rings is 1. The predicted octanol–water partition coefficient (Wildman–Crippen LogP) is 4.06. The molecule has 11 nitrogen and oxygen atoms in total. The van der Waals surface area contributed by atoms with E-state index in [9.17, 15) is 25.0 Å². The number of hydrogen-bond donors (Lipinski definition) is 0. The lowest BCUT2D eigenvalue weighted by atomic mass is 10.1. The summed E-state index contributed by atoms with van der Waals surface area (Å²) in [6.45, 7) is 2.62. The van der Waals surface area contributed by atoms with Crippen molar-refractivity contribution in [1.29, 1.82) is 0 Å². The van der Waals surface area contributed by atoms with Crippen LogP contribution in [0.25, 0.3) is 10.2 Å². The molecule has 0 saturated heterocycles. The number of aromatic nitrogens is 1. The van der Waals surface area contributed by atoms with Gasteiger partial charge in [0.15, 0.2) is 5.13 Å². The highest BCUT2D eigenvalue weighted by molar-refractivity contribution is 7.22. The third-order valence-corrected chi connectivity index (χ3v) is 5.94. The highest BCUT2D eigenvalue weighted by atomic mass is 35.5. The van der Waals surface area contributed by atoms with Gasteiger partial charge in [-0.1, -0.05) is 17.4 Å². The van der Waals surface area contributed by atoms with Gasteiger partial charge in [-0.15, -0.1) is 12.4 Å². The van der Waals surface area contributed by atoms with Gasteiger partial charge in [-0.05, 0) is 32.6 Å². The molecule has 0 N–H and O–H groups in total. The van der Waals surface area contributed by atoms with E-state index >= 15 is 0 Å². The highest BCUT2D eigenvalue weighted by Gasteiger charge is 2.27. The van der Waals surface area contributed by atoms with Crippen LogP contribution in [0.1, 0.15) is 15.9 Å². The number of likely N-dealkylation sites (N-methyl/N-ethyl adjacent to an activating group) is 1. The molecule has 0 atom stereocenters. The van der Waals surface area contributed by atoms with Crippen LogP contribution in [0.5, 0.6) is 5.75 Å². The number of hydrogen-bond acceptors (Lipinski definition) is 9. The largest absolute Gasteiger partial charge is 0.494 e. The van der Waals surface area contributed by atoms with Crippen molar-refractivity contribution in [3.63, 3.8) is 0 Å². The van der Waals surface area contributed by atoms with Gasteiger partial charge in [0.25, 0.3) is 17.3 Å². The average molecular weight is 496 g/mol. The molecule has 176 valence electrons. The lowest BCUT2D eigenvalue weighted by Gasteiger charge is -2.22. The molecule has 0 aliphatic rings. The second-order valence-corrected chi connectivity index (χ2v) is 8.25. The van der Waals surface area contributed by atoms with E-state index in [1.54, 1.807) is 6.07 Å². The monoisotopic (exact) mass is 495 g/mol. The standard InChI is InChI=1S/C20H21N5O6S.ClH/c1-12-5-6-16(31-4)17-18(12)32-20(21-17)23(8-7-22(2)3)19(26)13-9-14(24(27)28)11-15(10-13)25(29)30;/h5-6,9-11H,7-8H2,1-4H3;1H. The second kappa shape index (κ2) is 10.5. The van der Waals surface area contributed by atoms with Crippen LogP contribution in [0.2, 0.25) is 0 Å². The topological polar surface area (TPSA) is 132 Å². The molecular weight excluding hydrogens is 474 g/mol. The fourth-order valence-electron chi connectivity index (χ4n) is 3.05. The zero-order valence-corrected chi connectivity index (χ0v) is 19.9. The molecule has 3 rings (SSSR count). The summed E-state index contributed by atoms with van der Waals surface area (Å²) in [6, 6.07) is 6.58. The molecule has 0 aliphatic heterocycles. The van der Waals surface area contributed by atoms with Crippen LogP contribution in [0.4, 0.5) is 16.5 Å². The number of carbonyl (C=O) groups is 1. The van der Waals surface area contributed by atoms with E-state index < -0.39 is 27.1 Å². The smallest absolute Gasteiger partial charge is 0.277 e. The van der Waals surface area contributed by atoms with E-state index in [0.29, 0.717) is 22.9 Å². The third-order valence-electron chi connectivity index (χ3n) is 4.73. The van der Waals surface area contributed by atoms with Crippen LogP contribution in [-0.4, -0.2) is 59.9 Å². The maximum absolute atomic E-state index is 13.4. The van der Waals surface area contributed by atoms with Crippen molar-refractivity contribution >= 4 is 56.4 Å². The molecule has 0 spiro atoms. The van der Waals surface area contributed by atoms with Gasteiger partial charge < -0.3 is 9.64 Å². The summed E-state index contributed by atoms with van der Waals surface area (Å²) in [4.78, 5) is 42.3. The number of amides is 1. The quantitative estimate of drug-likeness (QED) is 0.337. The van der Waals surface area contributed by atoms with E-state index in [1.807, 2.05) is 32.0 Å². The first-order chi connectivity index (χ1) is 15.1. The molecule has 3 aromatic rings. The SMILES string of the molecule is COc1ccc(C)c2sc(N(CCN(C)C)C(=O)c3cc([N+](=O)[O-])cc([N+](=O)[O-])c3)nc12.Cl. The lowest BCUT2D eigenvalue weighted by molar-refractivity contribution is -0.394. The van der Waals surface area contributed by atoms with Crippen LogP contribution >= 0.6 is 23.7 Å². The Bertz CT molecular complexity index is 1180. The number of nitro groups is 2. The van der Waals surface area contributed by atoms with Gasteiger partial charge in [0.2, 0.25) is 0 Å². The summed E-state index contributed by atoms with van der Waals surface area (Å²) >= 11 is 1.28. The van der Waals surface area contributed by atoms with Gasteiger partial charge in [0, 0.05) is 25.2 Å². The Morgan fingerprint density at radius 2 is 1.70 bits per heavy atom. The number of fused-ring (bicyclic) bond motifs is 1. The summed E-state index contributed by atoms with van der Waals surface area (Å²) in [5, 5.41) is 22.9. The van der Waals surface area contributed by atoms with E-state index in [1.165, 1.54) is 23.3 Å². The maximum atomic E-state index is 13.4. The Hall–Kier alpha value is -3.35. The molecule has 1 aromatic heterocycles. The van der Waals surface area contributed by atoms with Gasteiger partial charge in [-0.2, -0.15) is 0 Å². The Labute approximate surface area is 199 Å². The molecule has 0 saturated carbocycles. The normalized spacial score (nSPS) is 10.7. The number of methoxy groups -OCH3 is 1. The number of anilines is 1. The molecule has 0 radical (unpaired) electrons. The molecule has 1 amide bonds. The van der Waals surface area contributed by atoms with Crippen molar-refractivity contribution in [2.75, 3.05) is 39.2 Å². The van der Waals surface area contributed by atoms with Crippen molar-refractivity contribution in [1.82, 2.24) is 9.88 Å². The lowest BCUT2D eigenvalue weighted by Crippen LogP contribution is -2.36. The Morgan fingerprint density at radius 1 is 1.09 bits per heavy atom. The van der Waals surface area contributed by atoms with Crippen molar-refractivity contribution in [3.05, 3.63) is 61.7 Å². The number of benzene rings is 2. The van der Waals surface area contributed by atoms with Crippen LogP contribution in [0.15, 0.2) is 30.3 Å². The molecule has 0 fully saturated rings. The molecule has 0 aliphatic carbocycles. The first kappa shape index (κ1) is 25.9. The molecule has 0 bridgehead atoms. The molecule has 33 heavy (non-hydrogen) atoms. The van der Waals surface area contributed by atoms with Crippen molar-refractivity contribution in [3.8, 4) is 5.75 Å². The number of nitrogens with zero attached hydrogens (tertiary/aromatic N) is 5. The number of aryl methyl sites for hydroxylation is 1. The average Bonchev–Trinajstić information content (AvgIpc) is 3.19. The van der Waals surface area contributed by atoms with Crippen LogP contribution in [0.3, 0.4) is 0 Å². The van der Waals surface area contributed by atoms with Crippen LogP contribution < -0.4 is 9.64 Å². The van der Waals surface area contributed by atoms with Crippen molar-refractivity contribution in [2.24, 2.45) is 0 Å². The van der Waals surface area contributed by atoms with Gasteiger partial charge in [0.1, 0.15) is 11.3 Å². The fraction of sp³-hybridized carbons (Fsp3) is 0.300. The maximum Gasteiger partial charge on any atom is 0.277 e. The van der Waals surface area contributed by atoms with Gasteiger partial charge in [0.05, 0.1) is 33.3 Å². The van der Waals surface area contributed by atoms with E-state index in [-0.39, 0.29) is 24.5 Å². The Kier molecular flexibility index (Phi) is 8.25. The number of rotatable bonds is 8. The van der Waals surface area contributed by atoms with Gasteiger partial charge in [-0.3, -0.25) is 29.9 Å². The fourth-order valence-corrected chi connectivity index (χ4v) is 4.12. The first-order valence-electron chi connectivity index (χ1n) is 9.47. The minimum absolute atomic E-state index is 0. The number of halogens is 1. The number of carbonyl (C=O) groups excluding carboxylic acids is 1. The third kappa shape index (κ3) is 5.53. The van der Waals surface area contributed by atoms with E-state index in [0.717, 1.165) is 28.5 Å².